The first-order valence-electron chi connectivity index (χ1n) is 10.1. The highest BCUT2D eigenvalue weighted by atomic mass is 35.5. The third kappa shape index (κ3) is 6.23. The van der Waals surface area contributed by atoms with Crippen molar-refractivity contribution in [3.05, 3.63) is 45.3 Å². The molecule has 1 fully saturated rings. The van der Waals surface area contributed by atoms with E-state index in [2.05, 4.69) is 15.4 Å². The van der Waals surface area contributed by atoms with Crippen LogP contribution in [0, 0.1) is 11.3 Å². The lowest BCUT2D eigenvalue weighted by Gasteiger charge is -2.19. The zero-order valence-corrected chi connectivity index (χ0v) is 20.7. The van der Waals surface area contributed by atoms with Crippen LogP contribution >= 0.6 is 22.9 Å². The van der Waals surface area contributed by atoms with Crippen LogP contribution in [-0.4, -0.2) is 50.6 Å². The van der Waals surface area contributed by atoms with Crippen LogP contribution in [-0.2, 0) is 15.4 Å². The molecule has 1 aromatic carbocycles. The van der Waals surface area contributed by atoms with Gasteiger partial charge in [0.2, 0.25) is 10.0 Å². The predicted octanol–water partition coefficient (Wildman–Crippen LogP) is 3.59. The Hall–Kier alpha value is -2.65. The van der Waals surface area contributed by atoms with E-state index >= 15 is 0 Å². The highest BCUT2D eigenvalue weighted by molar-refractivity contribution is 7.89. The fourth-order valence-electron chi connectivity index (χ4n) is 3.08. The van der Waals surface area contributed by atoms with Crippen LogP contribution in [0.2, 0.25) is 5.02 Å². The van der Waals surface area contributed by atoms with Crippen molar-refractivity contribution >= 4 is 55.6 Å². The third-order valence-electron chi connectivity index (χ3n) is 4.90. The largest absolute Gasteiger partial charge is 0.336 e. The molecule has 0 radical (unpaired) electrons. The number of anilines is 2. The first kappa shape index (κ1) is 25.0. The molecule has 0 saturated carbocycles. The van der Waals surface area contributed by atoms with Crippen molar-refractivity contribution in [2.75, 3.05) is 36.0 Å². The molecule has 0 atom stereocenters. The van der Waals surface area contributed by atoms with Crippen molar-refractivity contribution in [3.8, 4) is 6.07 Å². The lowest BCUT2D eigenvalue weighted by molar-refractivity contribution is 0.0773. The quantitative estimate of drug-likeness (QED) is 0.581. The van der Waals surface area contributed by atoms with Gasteiger partial charge in [0.15, 0.2) is 0 Å². The molecule has 2 heterocycles. The molecule has 3 N–H and O–H groups in total. The topological polar surface area (TPSA) is 131 Å². The highest BCUT2D eigenvalue weighted by Gasteiger charge is 2.29. The summed E-state index contributed by atoms with van der Waals surface area (Å²) in [6.07, 6.45) is 0. The van der Waals surface area contributed by atoms with Gasteiger partial charge in [0.05, 0.1) is 33.7 Å². The summed E-state index contributed by atoms with van der Waals surface area (Å²) in [6.45, 7) is 6.40. The fraction of sp³-hybridized carbons (Fsp3) is 0.381. The van der Waals surface area contributed by atoms with Gasteiger partial charge < -0.3 is 10.2 Å². The molecule has 0 aliphatic carbocycles. The standard InChI is InChI=1S/C21H24ClN5O4S2/c1-21(2,3)17-11-14(19(28)27-7-6-24-33(30,31)9-8-27)18(32-17)26-20(29)25-16-5-4-13(12-23)10-15(16)22/h4-5,10-11,24H,6-9H2,1-3H3,(H2,25,26,29). The number of benzene rings is 1. The van der Waals surface area contributed by atoms with Crippen LogP contribution in [0.5, 0.6) is 0 Å². The number of sulfonamides is 1. The highest BCUT2D eigenvalue weighted by Crippen LogP contribution is 2.37. The van der Waals surface area contributed by atoms with E-state index in [1.165, 1.54) is 34.4 Å². The lowest BCUT2D eigenvalue weighted by Crippen LogP contribution is -2.35. The summed E-state index contributed by atoms with van der Waals surface area (Å²) in [5.41, 5.74) is 0.708. The summed E-state index contributed by atoms with van der Waals surface area (Å²) >= 11 is 7.42. The first-order valence-corrected chi connectivity index (χ1v) is 12.9. The maximum absolute atomic E-state index is 13.3. The van der Waals surface area contributed by atoms with E-state index in [1.54, 1.807) is 6.07 Å². The molecule has 0 unspecified atom stereocenters. The van der Waals surface area contributed by atoms with Gasteiger partial charge in [-0.1, -0.05) is 32.4 Å². The summed E-state index contributed by atoms with van der Waals surface area (Å²) in [5.74, 6) is -0.539. The van der Waals surface area contributed by atoms with Crippen molar-refractivity contribution < 1.29 is 18.0 Å². The van der Waals surface area contributed by atoms with Crippen LogP contribution < -0.4 is 15.4 Å². The molecule has 3 amide bonds. The van der Waals surface area contributed by atoms with Gasteiger partial charge in [-0.3, -0.25) is 10.1 Å². The molecule has 0 bridgehead atoms. The van der Waals surface area contributed by atoms with Gasteiger partial charge in [-0.15, -0.1) is 11.3 Å². The van der Waals surface area contributed by atoms with Crippen LogP contribution in [0.1, 0.15) is 41.6 Å². The normalized spacial score (nSPS) is 15.9. The average Bonchev–Trinajstić information content (AvgIpc) is 3.06. The molecule has 0 spiro atoms. The average molecular weight is 510 g/mol. The summed E-state index contributed by atoms with van der Waals surface area (Å²) in [5, 5.41) is 14.9. The number of hydrogen-bond donors (Lipinski definition) is 3. The second-order valence-corrected chi connectivity index (χ2v) is 11.9. The number of halogens is 1. The number of nitrogens with one attached hydrogen (secondary N) is 3. The van der Waals surface area contributed by atoms with Crippen molar-refractivity contribution in [1.29, 1.82) is 5.26 Å². The van der Waals surface area contributed by atoms with Crippen LogP contribution in [0.15, 0.2) is 24.3 Å². The van der Waals surface area contributed by atoms with E-state index in [4.69, 9.17) is 16.9 Å². The Bertz CT molecular complexity index is 1230. The number of amides is 3. The molecule has 1 aliphatic heterocycles. The molecule has 3 rings (SSSR count). The van der Waals surface area contributed by atoms with E-state index in [9.17, 15) is 18.0 Å². The van der Waals surface area contributed by atoms with Gasteiger partial charge in [0, 0.05) is 24.5 Å². The fourth-order valence-corrected chi connectivity index (χ4v) is 5.42. The first-order chi connectivity index (χ1) is 15.4. The number of hydrogen-bond acceptors (Lipinski definition) is 6. The lowest BCUT2D eigenvalue weighted by atomic mass is 9.94. The Balaban J connectivity index is 1.85. The second-order valence-electron chi connectivity index (χ2n) is 8.49. The minimum Gasteiger partial charge on any atom is -0.336 e. The number of carbonyl (C=O) groups is 2. The van der Waals surface area contributed by atoms with Gasteiger partial charge in [0.1, 0.15) is 5.00 Å². The molecule has 2 aromatic rings. The number of nitriles is 1. The number of rotatable bonds is 3. The number of thiophene rings is 1. The maximum Gasteiger partial charge on any atom is 0.324 e. The number of urea groups is 1. The van der Waals surface area contributed by atoms with E-state index in [0.29, 0.717) is 21.8 Å². The van der Waals surface area contributed by atoms with Gasteiger partial charge >= 0.3 is 6.03 Å². The Morgan fingerprint density at radius 2 is 1.94 bits per heavy atom. The molecule has 1 aromatic heterocycles. The Morgan fingerprint density at radius 3 is 2.58 bits per heavy atom. The summed E-state index contributed by atoms with van der Waals surface area (Å²) in [4.78, 5) is 28.3. The van der Waals surface area contributed by atoms with E-state index in [-0.39, 0.29) is 41.7 Å². The monoisotopic (exact) mass is 509 g/mol. The summed E-state index contributed by atoms with van der Waals surface area (Å²) in [7, 11) is -3.41. The molecule has 176 valence electrons. The minimum atomic E-state index is -3.41. The van der Waals surface area contributed by atoms with Crippen LogP contribution in [0.4, 0.5) is 15.5 Å². The molecular weight excluding hydrogens is 486 g/mol. The SMILES string of the molecule is CC(C)(C)c1cc(C(=O)N2CCNS(=O)(=O)CC2)c(NC(=O)Nc2ccc(C#N)cc2Cl)s1. The van der Waals surface area contributed by atoms with E-state index in [0.717, 1.165) is 4.88 Å². The molecule has 1 saturated heterocycles. The molecule has 9 nitrogen and oxygen atoms in total. The van der Waals surface area contributed by atoms with Crippen molar-refractivity contribution in [1.82, 2.24) is 9.62 Å². The number of nitrogens with zero attached hydrogens (tertiary/aromatic N) is 2. The van der Waals surface area contributed by atoms with Gasteiger partial charge in [-0.05, 0) is 29.7 Å². The molecule has 1 aliphatic rings. The Morgan fingerprint density at radius 1 is 1.21 bits per heavy atom. The summed E-state index contributed by atoms with van der Waals surface area (Å²) in [6, 6.07) is 7.60. The minimum absolute atomic E-state index is 0.0569. The third-order valence-corrected chi connectivity index (χ3v) is 8.05. The second kappa shape index (κ2) is 9.69. The molecule has 12 heteroatoms. The van der Waals surface area contributed by atoms with Crippen molar-refractivity contribution in [2.24, 2.45) is 0 Å². The van der Waals surface area contributed by atoms with E-state index < -0.39 is 16.1 Å². The maximum atomic E-state index is 13.3. The van der Waals surface area contributed by atoms with Gasteiger partial charge in [-0.2, -0.15) is 5.26 Å². The Labute approximate surface area is 201 Å². The molecular formula is C21H24ClN5O4S2. The van der Waals surface area contributed by atoms with Crippen molar-refractivity contribution in [3.63, 3.8) is 0 Å². The predicted molar refractivity (Wildman–Crippen MR) is 130 cm³/mol. The smallest absolute Gasteiger partial charge is 0.324 e. The molecule has 33 heavy (non-hydrogen) atoms. The number of carbonyl (C=O) groups excluding carboxylic acids is 2. The van der Waals surface area contributed by atoms with Crippen molar-refractivity contribution in [2.45, 2.75) is 26.2 Å². The van der Waals surface area contributed by atoms with Gasteiger partial charge in [-0.25, -0.2) is 17.9 Å². The summed E-state index contributed by atoms with van der Waals surface area (Å²) < 4.78 is 26.1. The van der Waals surface area contributed by atoms with Crippen LogP contribution in [0.3, 0.4) is 0 Å². The van der Waals surface area contributed by atoms with Gasteiger partial charge in [0.25, 0.3) is 5.91 Å². The Kier molecular flexibility index (Phi) is 7.33. The zero-order chi connectivity index (χ0) is 24.4. The zero-order valence-electron chi connectivity index (χ0n) is 18.4. The van der Waals surface area contributed by atoms with Crippen LogP contribution in [0.25, 0.3) is 0 Å². The van der Waals surface area contributed by atoms with E-state index in [1.807, 2.05) is 26.8 Å².